The Bertz CT molecular complexity index is 482. The molecule has 0 saturated heterocycles. The number of carboxylic acids is 1. The first-order chi connectivity index (χ1) is 8.66. The minimum Gasteiger partial charge on any atom is -0.477 e. The second kappa shape index (κ2) is 5.44. The van der Waals surface area contributed by atoms with Gasteiger partial charge in [-0.3, -0.25) is 4.79 Å². The number of carbonyl (C=O) groups excluding carboxylic acids is 1. The van der Waals surface area contributed by atoms with Crippen LogP contribution in [0.2, 0.25) is 0 Å². The zero-order valence-electron chi connectivity index (χ0n) is 9.87. The van der Waals surface area contributed by atoms with E-state index in [9.17, 15) is 9.59 Å². The van der Waals surface area contributed by atoms with E-state index in [0.29, 0.717) is 13.0 Å². The van der Waals surface area contributed by atoms with Crippen molar-refractivity contribution in [2.24, 2.45) is 5.10 Å². The fourth-order valence-corrected chi connectivity index (χ4v) is 1.81. The van der Waals surface area contributed by atoms with E-state index in [4.69, 9.17) is 5.11 Å². The summed E-state index contributed by atoms with van der Waals surface area (Å²) >= 11 is 0. The summed E-state index contributed by atoms with van der Waals surface area (Å²) in [5.41, 5.74) is 1.16. The van der Waals surface area contributed by atoms with Crippen LogP contribution in [-0.4, -0.2) is 34.2 Å². The lowest BCUT2D eigenvalue weighted by molar-refractivity contribution is -0.132. The third kappa shape index (κ3) is 2.94. The van der Waals surface area contributed by atoms with Crippen LogP contribution in [0.4, 0.5) is 0 Å². The van der Waals surface area contributed by atoms with E-state index in [1.54, 1.807) is 0 Å². The zero-order chi connectivity index (χ0) is 13.0. The number of carboxylic acid groups (broad SMARTS) is 1. The van der Waals surface area contributed by atoms with Gasteiger partial charge in [-0.1, -0.05) is 30.3 Å². The van der Waals surface area contributed by atoms with Crippen molar-refractivity contribution in [2.75, 3.05) is 6.54 Å². The van der Waals surface area contributed by atoms with Crippen molar-refractivity contribution in [3.8, 4) is 0 Å². The lowest BCUT2D eigenvalue weighted by Crippen LogP contribution is -2.35. The summed E-state index contributed by atoms with van der Waals surface area (Å²) in [6, 6.07) is 9.72. The lowest BCUT2D eigenvalue weighted by Gasteiger charge is -2.22. The Morgan fingerprint density at radius 2 is 2.00 bits per heavy atom. The molecule has 0 aromatic heterocycles. The van der Waals surface area contributed by atoms with Gasteiger partial charge in [0.2, 0.25) is 5.91 Å². The molecule has 0 bridgehead atoms. The molecule has 0 atom stereocenters. The van der Waals surface area contributed by atoms with Gasteiger partial charge in [-0.25, -0.2) is 9.80 Å². The van der Waals surface area contributed by atoms with Crippen LogP contribution in [0, 0.1) is 0 Å². The average Bonchev–Trinajstić information content (AvgIpc) is 2.38. The van der Waals surface area contributed by atoms with Gasteiger partial charge >= 0.3 is 5.97 Å². The van der Waals surface area contributed by atoms with Gasteiger partial charge in [-0.05, 0) is 12.0 Å². The van der Waals surface area contributed by atoms with Gasteiger partial charge in [0.25, 0.3) is 0 Å². The number of rotatable bonds is 4. The van der Waals surface area contributed by atoms with Gasteiger partial charge in [-0.2, -0.15) is 5.10 Å². The fourth-order valence-electron chi connectivity index (χ4n) is 1.81. The van der Waals surface area contributed by atoms with Gasteiger partial charge in [-0.15, -0.1) is 0 Å². The summed E-state index contributed by atoms with van der Waals surface area (Å²) in [4.78, 5) is 22.4. The van der Waals surface area contributed by atoms with Crippen LogP contribution in [-0.2, 0) is 16.0 Å². The molecule has 18 heavy (non-hydrogen) atoms. The Morgan fingerprint density at radius 3 is 2.67 bits per heavy atom. The summed E-state index contributed by atoms with van der Waals surface area (Å²) < 4.78 is 0. The number of hydrogen-bond donors (Lipinski definition) is 1. The van der Waals surface area contributed by atoms with Crippen molar-refractivity contribution in [2.45, 2.75) is 19.3 Å². The van der Waals surface area contributed by atoms with Crippen molar-refractivity contribution < 1.29 is 14.7 Å². The predicted octanol–water partition coefficient (Wildman–Crippen LogP) is 1.29. The van der Waals surface area contributed by atoms with Crippen molar-refractivity contribution >= 4 is 17.6 Å². The van der Waals surface area contributed by atoms with E-state index in [-0.39, 0.29) is 24.5 Å². The molecular formula is C13H14N2O3. The topological polar surface area (TPSA) is 70.0 Å². The standard InChI is InChI=1S/C13H14N2O3/c16-12-7-6-11(13(17)18)14-15(12)9-8-10-4-2-1-3-5-10/h1-5H,6-9H2,(H,17,18). The number of amides is 1. The highest BCUT2D eigenvalue weighted by molar-refractivity contribution is 6.36. The molecule has 2 rings (SSSR count). The largest absolute Gasteiger partial charge is 0.477 e. The van der Waals surface area contributed by atoms with E-state index < -0.39 is 5.97 Å². The predicted molar refractivity (Wildman–Crippen MR) is 66.2 cm³/mol. The maximum Gasteiger partial charge on any atom is 0.352 e. The second-order valence-electron chi connectivity index (χ2n) is 4.10. The van der Waals surface area contributed by atoms with E-state index in [1.807, 2.05) is 30.3 Å². The zero-order valence-corrected chi connectivity index (χ0v) is 9.87. The normalized spacial score (nSPS) is 15.4. The van der Waals surface area contributed by atoms with Crippen LogP contribution < -0.4 is 0 Å². The van der Waals surface area contributed by atoms with Crippen LogP contribution in [0.3, 0.4) is 0 Å². The monoisotopic (exact) mass is 246 g/mol. The highest BCUT2D eigenvalue weighted by Crippen LogP contribution is 2.11. The minimum atomic E-state index is -1.05. The molecule has 1 aliphatic heterocycles. The van der Waals surface area contributed by atoms with Crippen LogP contribution in [0.25, 0.3) is 0 Å². The number of aliphatic carboxylic acids is 1. The van der Waals surface area contributed by atoms with E-state index in [2.05, 4.69) is 5.10 Å². The molecule has 0 radical (unpaired) electrons. The molecule has 1 N–H and O–H groups in total. The van der Waals surface area contributed by atoms with E-state index in [0.717, 1.165) is 5.56 Å². The summed E-state index contributed by atoms with van der Waals surface area (Å²) in [7, 11) is 0. The number of hydrogen-bond acceptors (Lipinski definition) is 3. The average molecular weight is 246 g/mol. The van der Waals surface area contributed by atoms with Crippen molar-refractivity contribution in [3.05, 3.63) is 35.9 Å². The Labute approximate surface area is 105 Å². The van der Waals surface area contributed by atoms with Gasteiger partial charge < -0.3 is 5.11 Å². The molecule has 0 saturated carbocycles. The molecule has 1 aromatic carbocycles. The van der Waals surface area contributed by atoms with Gasteiger partial charge in [0.15, 0.2) is 0 Å². The van der Waals surface area contributed by atoms with Crippen molar-refractivity contribution in [1.29, 1.82) is 0 Å². The molecule has 0 unspecified atom stereocenters. The number of nitrogens with zero attached hydrogens (tertiary/aromatic N) is 2. The maximum atomic E-state index is 11.6. The van der Waals surface area contributed by atoms with Gasteiger partial charge in [0.1, 0.15) is 5.71 Å². The first-order valence-corrected chi connectivity index (χ1v) is 5.82. The van der Waals surface area contributed by atoms with Crippen LogP contribution in [0.15, 0.2) is 35.4 Å². The van der Waals surface area contributed by atoms with Crippen LogP contribution >= 0.6 is 0 Å². The Kier molecular flexibility index (Phi) is 3.72. The highest BCUT2D eigenvalue weighted by Gasteiger charge is 2.23. The molecule has 0 fully saturated rings. The molecule has 0 spiro atoms. The minimum absolute atomic E-state index is 0.0580. The molecular weight excluding hydrogens is 232 g/mol. The SMILES string of the molecule is O=C(O)C1=NN(CCc2ccccc2)C(=O)CC1. The molecule has 5 heteroatoms. The first-order valence-electron chi connectivity index (χ1n) is 5.82. The van der Waals surface area contributed by atoms with Gasteiger partial charge in [0, 0.05) is 19.4 Å². The molecule has 5 nitrogen and oxygen atoms in total. The molecule has 94 valence electrons. The van der Waals surface area contributed by atoms with Crippen molar-refractivity contribution in [3.63, 3.8) is 0 Å². The first kappa shape index (κ1) is 12.3. The summed E-state index contributed by atoms with van der Waals surface area (Å²) in [6.07, 6.45) is 1.11. The quantitative estimate of drug-likeness (QED) is 0.870. The maximum absolute atomic E-state index is 11.6. The van der Waals surface area contributed by atoms with Crippen LogP contribution in [0.1, 0.15) is 18.4 Å². The number of hydrazone groups is 1. The van der Waals surface area contributed by atoms with Crippen LogP contribution in [0.5, 0.6) is 0 Å². The lowest BCUT2D eigenvalue weighted by atomic mass is 10.1. The Morgan fingerprint density at radius 1 is 1.28 bits per heavy atom. The molecule has 1 heterocycles. The summed E-state index contributed by atoms with van der Waals surface area (Å²) in [6.45, 7) is 0.416. The number of benzene rings is 1. The van der Waals surface area contributed by atoms with E-state index >= 15 is 0 Å². The third-order valence-electron chi connectivity index (χ3n) is 2.81. The Balaban J connectivity index is 2.01. The molecule has 0 aliphatic carbocycles. The molecule has 1 amide bonds. The summed E-state index contributed by atoms with van der Waals surface area (Å²) in [5, 5.41) is 14.0. The fraction of sp³-hybridized carbons (Fsp3) is 0.308. The smallest absolute Gasteiger partial charge is 0.352 e. The molecule has 1 aliphatic rings. The van der Waals surface area contributed by atoms with Crippen molar-refractivity contribution in [1.82, 2.24) is 5.01 Å². The summed E-state index contributed by atoms with van der Waals surface area (Å²) in [5.74, 6) is -1.16. The Hall–Kier alpha value is -2.17. The number of carbonyl (C=O) groups is 2. The van der Waals surface area contributed by atoms with E-state index in [1.165, 1.54) is 5.01 Å². The highest BCUT2D eigenvalue weighted by atomic mass is 16.4. The third-order valence-corrected chi connectivity index (χ3v) is 2.81. The second-order valence-corrected chi connectivity index (χ2v) is 4.10. The molecule has 1 aromatic rings. The van der Waals surface area contributed by atoms with Gasteiger partial charge in [0.05, 0.1) is 0 Å².